The molecule has 0 fully saturated rings. The van der Waals surface area contributed by atoms with Crippen LogP contribution in [0.5, 0.6) is 0 Å². The fourth-order valence-electron chi connectivity index (χ4n) is 1.51. The molecule has 0 bridgehead atoms. The molecule has 20 heavy (non-hydrogen) atoms. The molecule has 6 heteroatoms. The van der Waals surface area contributed by atoms with E-state index in [9.17, 15) is 9.59 Å². The number of nitrogens with one attached hydrogen (secondary N) is 2. The van der Waals surface area contributed by atoms with Crippen molar-refractivity contribution in [3.8, 4) is 0 Å². The summed E-state index contributed by atoms with van der Waals surface area (Å²) >= 11 is 5.97. The van der Waals surface area contributed by atoms with E-state index in [1.54, 1.807) is 19.1 Å². The minimum absolute atomic E-state index is 0.250. The highest BCUT2D eigenvalue weighted by atomic mass is 35.5. The molecular formula is C14H19ClN2O3. The molecule has 0 aliphatic carbocycles. The van der Waals surface area contributed by atoms with Crippen molar-refractivity contribution in [3.63, 3.8) is 0 Å². The predicted molar refractivity (Wildman–Crippen MR) is 79.1 cm³/mol. The smallest absolute Gasteiger partial charge is 0.319 e. The number of urea groups is 1. The van der Waals surface area contributed by atoms with E-state index in [4.69, 9.17) is 16.3 Å². The first kappa shape index (κ1) is 16.3. The van der Waals surface area contributed by atoms with E-state index >= 15 is 0 Å². The second kappa shape index (κ2) is 8.43. The Labute approximate surface area is 123 Å². The summed E-state index contributed by atoms with van der Waals surface area (Å²) < 4.78 is 4.79. The first-order valence-corrected chi connectivity index (χ1v) is 6.87. The molecule has 0 aliphatic heterocycles. The number of hydrogen-bond acceptors (Lipinski definition) is 3. The van der Waals surface area contributed by atoms with Crippen LogP contribution in [0.1, 0.15) is 25.3 Å². The van der Waals surface area contributed by atoms with Gasteiger partial charge in [-0.1, -0.05) is 17.7 Å². The lowest BCUT2D eigenvalue weighted by molar-refractivity contribution is -0.143. The summed E-state index contributed by atoms with van der Waals surface area (Å²) in [5.41, 5.74) is 1.58. The Morgan fingerprint density at radius 3 is 2.75 bits per heavy atom. The van der Waals surface area contributed by atoms with E-state index in [0.29, 0.717) is 36.7 Å². The fourth-order valence-corrected chi connectivity index (χ4v) is 1.69. The van der Waals surface area contributed by atoms with Crippen LogP contribution in [0.3, 0.4) is 0 Å². The Morgan fingerprint density at radius 1 is 1.35 bits per heavy atom. The van der Waals surface area contributed by atoms with Gasteiger partial charge < -0.3 is 15.4 Å². The van der Waals surface area contributed by atoms with Crippen LogP contribution < -0.4 is 10.6 Å². The molecule has 0 radical (unpaired) electrons. The van der Waals surface area contributed by atoms with Crippen molar-refractivity contribution in [2.75, 3.05) is 18.5 Å². The molecule has 0 spiro atoms. The third kappa shape index (κ3) is 5.93. The zero-order valence-electron chi connectivity index (χ0n) is 11.7. The van der Waals surface area contributed by atoms with Crippen molar-refractivity contribution in [3.05, 3.63) is 28.8 Å². The van der Waals surface area contributed by atoms with Gasteiger partial charge in [-0.3, -0.25) is 4.79 Å². The SMILES string of the molecule is CCOC(=O)CCCNC(=O)Nc1ccc(C)c(Cl)c1. The van der Waals surface area contributed by atoms with Crippen molar-refractivity contribution >= 4 is 29.3 Å². The molecule has 0 saturated carbocycles. The number of benzene rings is 1. The molecule has 1 rings (SSSR count). The number of carbonyl (C=O) groups is 2. The number of hydrogen-bond donors (Lipinski definition) is 2. The Bertz CT molecular complexity index is 477. The summed E-state index contributed by atoms with van der Waals surface area (Å²) in [6.07, 6.45) is 0.839. The molecule has 0 aromatic heterocycles. The summed E-state index contributed by atoms with van der Waals surface area (Å²) in [5, 5.41) is 5.94. The Morgan fingerprint density at radius 2 is 2.10 bits per heavy atom. The van der Waals surface area contributed by atoms with Crippen LogP contribution in [0, 0.1) is 6.92 Å². The van der Waals surface area contributed by atoms with E-state index in [1.807, 2.05) is 13.0 Å². The summed E-state index contributed by atoms with van der Waals surface area (Å²) in [6, 6.07) is 4.97. The van der Waals surface area contributed by atoms with Crippen LogP contribution in [0.25, 0.3) is 0 Å². The number of carbonyl (C=O) groups excluding carboxylic acids is 2. The van der Waals surface area contributed by atoms with Gasteiger partial charge in [0.2, 0.25) is 0 Å². The van der Waals surface area contributed by atoms with Gasteiger partial charge >= 0.3 is 12.0 Å². The molecule has 2 N–H and O–H groups in total. The zero-order valence-corrected chi connectivity index (χ0v) is 12.4. The maximum Gasteiger partial charge on any atom is 0.319 e. The molecule has 2 amide bonds. The maximum atomic E-state index is 11.6. The number of ether oxygens (including phenoxy) is 1. The summed E-state index contributed by atoms with van der Waals surface area (Å²) in [4.78, 5) is 22.7. The average molecular weight is 299 g/mol. The fraction of sp³-hybridized carbons (Fsp3) is 0.429. The highest BCUT2D eigenvalue weighted by Gasteiger charge is 2.04. The first-order valence-electron chi connectivity index (χ1n) is 6.49. The van der Waals surface area contributed by atoms with Crippen molar-refractivity contribution in [2.24, 2.45) is 0 Å². The molecule has 5 nitrogen and oxygen atoms in total. The quantitative estimate of drug-likeness (QED) is 0.626. The zero-order chi connectivity index (χ0) is 15.0. The van der Waals surface area contributed by atoms with Gasteiger partial charge in [-0.05, 0) is 38.0 Å². The third-order valence-electron chi connectivity index (χ3n) is 2.58. The minimum atomic E-state index is -0.325. The summed E-state index contributed by atoms with van der Waals surface area (Å²) in [6.45, 7) is 4.43. The van der Waals surface area contributed by atoms with Gasteiger partial charge in [0.1, 0.15) is 0 Å². The number of halogens is 1. The second-order valence-corrected chi connectivity index (χ2v) is 4.66. The number of aryl methyl sites for hydroxylation is 1. The van der Waals surface area contributed by atoms with E-state index in [1.165, 1.54) is 0 Å². The lowest BCUT2D eigenvalue weighted by Crippen LogP contribution is -2.29. The number of esters is 1. The van der Waals surface area contributed by atoms with Crippen LogP contribution in [0.15, 0.2) is 18.2 Å². The Hall–Kier alpha value is -1.75. The molecule has 1 aromatic rings. The standard InChI is InChI=1S/C14H19ClN2O3/c1-3-20-13(18)5-4-8-16-14(19)17-11-7-6-10(2)12(15)9-11/h6-7,9H,3-5,8H2,1-2H3,(H2,16,17,19). The maximum absolute atomic E-state index is 11.6. The molecule has 0 unspecified atom stereocenters. The van der Waals surface area contributed by atoms with Crippen molar-refractivity contribution in [2.45, 2.75) is 26.7 Å². The van der Waals surface area contributed by atoms with Gasteiger partial charge in [0.05, 0.1) is 6.61 Å². The van der Waals surface area contributed by atoms with E-state index in [-0.39, 0.29) is 12.0 Å². The van der Waals surface area contributed by atoms with Crippen LogP contribution >= 0.6 is 11.6 Å². The molecule has 0 heterocycles. The highest BCUT2D eigenvalue weighted by molar-refractivity contribution is 6.31. The van der Waals surface area contributed by atoms with Gasteiger partial charge in [0.25, 0.3) is 0 Å². The monoisotopic (exact) mass is 298 g/mol. The van der Waals surface area contributed by atoms with Crippen LogP contribution in [0.4, 0.5) is 10.5 Å². The summed E-state index contributed by atoms with van der Waals surface area (Å²) in [7, 11) is 0. The average Bonchev–Trinajstić information content (AvgIpc) is 2.39. The third-order valence-corrected chi connectivity index (χ3v) is 2.99. The largest absolute Gasteiger partial charge is 0.466 e. The van der Waals surface area contributed by atoms with Gasteiger partial charge in [-0.15, -0.1) is 0 Å². The van der Waals surface area contributed by atoms with Crippen molar-refractivity contribution < 1.29 is 14.3 Å². The minimum Gasteiger partial charge on any atom is -0.466 e. The molecule has 0 saturated heterocycles. The Balaban J connectivity index is 2.26. The lowest BCUT2D eigenvalue weighted by Gasteiger charge is -2.08. The van der Waals surface area contributed by atoms with E-state index in [2.05, 4.69) is 10.6 Å². The van der Waals surface area contributed by atoms with Crippen LogP contribution in [-0.4, -0.2) is 25.2 Å². The molecule has 0 aliphatic rings. The van der Waals surface area contributed by atoms with Crippen molar-refractivity contribution in [1.82, 2.24) is 5.32 Å². The van der Waals surface area contributed by atoms with Crippen molar-refractivity contribution in [1.29, 1.82) is 0 Å². The van der Waals surface area contributed by atoms with E-state index < -0.39 is 0 Å². The van der Waals surface area contributed by atoms with Gasteiger partial charge in [0.15, 0.2) is 0 Å². The predicted octanol–water partition coefficient (Wildman–Crippen LogP) is 3.11. The van der Waals surface area contributed by atoms with E-state index in [0.717, 1.165) is 5.56 Å². The normalized spacial score (nSPS) is 9.95. The topological polar surface area (TPSA) is 67.4 Å². The van der Waals surface area contributed by atoms with Crippen LogP contribution in [-0.2, 0) is 9.53 Å². The first-order chi connectivity index (χ1) is 9.52. The molecule has 110 valence electrons. The lowest BCUT2D eigenvalue weighted by atomic mass is 10.2. The van der Waals surface area contributed by atoms with Gasteiger partial charge in [0, 0.05) is 23.7 Å². The number of amides is 2. The Kier molecular flexibility index (Phi) is 6.87. The molecule has 1 aromatic carbocycles. The van der Waals surface area contributed by atoms with Gasteiger partial charge in [-0.2, -0.15) is 0 Å². The molecular weight excluding hydrogens is 280 g/mol. The highest BCUT2D eigenvalue weighted by Crippen LogP contribution is 2.19. The summed E-state index contributed by atoms with van der Waals surface area (Å²) in [5.74, 6) is -0.250. The van der Waals surface area contributed by atoms with Crippen LogP contribution in [0.2, 0.25) is 5.02 Å². The second-order valence-electron chi connectivity index (χ2n) is 4.25. The van der Waals surface area contributed by atoms with Gasteiger partial charge in [-0.25, -0.2) is 4.79 Å². The number of rotatable bonds is 6. The molecule has 0 atom stereocenters. The number of anilines is 1.